The highest BCUT2D eigenvalue weighted by molar-refractivity contribution is 9.10. The van der Waals surface area contributed by atoms with Crippen molar-refractivity contribution in [2.45, 2.75) is 25.4 Å². The van der Waals surface area contributed by atoms with E-state index in [4.69, 9.17) is 14.5 Å². The van der Waals surface area contributed by atoms with Crippen LogP contribution in [0.1, 0.15) is 40.6 Å². The van der Waals surface area contributed by atoms with Crippen LogP contribution in [0.2, 0.25) is 0 Å². The van der Waals surface area contributed by atoms with E-state index in [9.17, 15) is 4.79 Å². The van der Waals surface area contributed by atoms with Crippen LogP contribution in [0, 0.1) is 11.7 Å². The Hall–Kier alpha value is -3.56. The molecule has 38 heavy (non-hydrogen) atoms. The van der Waals surface area contributed by atoms with E-state index in [1.165, 1.54) is 13.2 Å². The number of fused-ring (bicyclic) bond motifs is 3. The van der Waals surface area contributed by atoms with Gasteiger partial charge in [0, 0.05) is 36.6 Å². The van der Waals surface area contributed by atoms with Crippen molar-refractivity contribution in [3.63, 3.8) is 0 Å². The van der Waals surface area contributed by atoms with Gasteiger partial charge in [0.2, 0.25) is 0 Å². The third-order valence-electron chi connectivity index (χ3n) is 7.29. The third kappa shape index (κ3) is 4.29. The van der Waals surface area contributed by atoms with Gasteiger partial charge in [-0.05, 0) is 64.5 Å². The third-order valence-corrected chi connectivity index (χ3v) is 7.72. The van der Waals surface area contributed by atoms with E-state index >= 15 is 4.39 Å². The lowest BCUT2D eigenvalue weighted by molar-refractivity contribution is 0.0543. The summed E-state index contributed by atoms with van der Waals surface area (Å²) in [5.41, 5.74) is 4.95. The molecule has 0 radical (unpaired) electrons. The van der Waals surface area contributed by atoms with E-state index in [-0.39, 0.29) is 11.7 Å². The van der Waals surface area contributed by atoms with E-state index in [1.807, 2.05) is 47.0 Å². The predicted octanol–water partition coefficient (Wildman–Crippen LogP) is 6.14. The summed E-state index contributed by atoms with van der Waals surface area (Å²) in [5.74, 6) is -0.732. The van der Waals surface area contributed by atoms with Crippen molar-refractivity contribution in [2.24, 2.45) is 5.92 Å². The van der Waals surface area contributed by atoms with Crippen molar-refractivity contribution >= 4 is 44.0 Å². The summed E-state index contributed by atoms with van der Waals surface area (Å²) in [5, 5.41) is 0. The average Bonchev–Trinajstić information content (AvgIpc) is 3.45. The maximum atomic E-state index is 15.4. The number of hydrogen-bond donors (Lipinski definition) is 0. The van der Waals surface area contributed by atoms with Gasteiger partial charge in [0.25, 0.3) is 0 Å². The van der Waals surface area contributed by atoms with Crippen LogP contribution >= 0.6 is 15.9 Å². The topological polar surface area (TPSA) is 71.2 Å². The van der Waals surface area contributed by atoms with Crippen molar-refractivity contribution in [1.29, 1.82) is 0 Å². The van der Waals surface area contributed by atoms with Gasteiger partial charge >= 0.3 is 5.97 Å². The van der Waals surface area contributed by atoms with Gasteiger partial charge in [-0.3, -0.25) is 9.97 Å². The van der Waals surface area contributed by atoms with E-state index in [1.54, 1.807) is 18.5 Å². The van der Waals surface area contributed by atoms with E-state index in [2.05, 4.69) is 25.5 Å². The Balaban J connectivity index is 1.68. The molecule has 0 bridgehead atoms. The molecule has 0 saturated carbocycles. The van der Waals surface area contributed by atoms with Gasteiger partial charge < -0.3 is 18.6 Å². The lowest BCUT2D eigenvalue weighted by atomic mass is 9.88. The summed E-state index contributed by atoms with van der Waals surface area (Å²) in [6.45, 7) is 1.65. The number of nitrogens with zero attached hydrogens (tertiary/aromatic N) is 4. The number of carbonyl (C=O) groups is 1. The second-order valence-electron chi connectivity index (χ2n) is 9.48. The van der Waals surface area contributed by atoms with Gasteiger partial charge in [0.1, 0.15) is 17.0 Å². The molecule has 1 aromatic carbocycles. The zero-order chi connectivity index (χ0) is 26.2. The van der Waals surface area contributed by atoms with E-state index in [0.29, 0.717) is 31.1 Å². The maximum absolute atomic E-state index is 15.4. The quantitative estimate of drug-likeness (QED) is 0.227. The van der Waals surface area contributed by atoms with Crippen LogP contribution in [-0.2, 0) is 16.0 Å². The zero-order valence-corrected chi connectivity index (χ0v) is 22.4. The Bertz CT molecular complexity index is 1630. The molecule has 0 amide bonds. The van der Waals surface area contributed by atoms with Gasteiger partial charge in [-0.25, -0.2) is 9.18 Å². The second-order valence-corrected chi connectivity index (χ2v) is 10.4. The number of benzene rings is 1. The van der Waals surface area contributed by atoms with Crippen molar-refractivity contribution in [3.8, 4) is 0 Å². The van der Waals surface area contributed by atoms with Gasteiger partial charge in [0.05, 0.1) is 35.4 Å². The molecular formula is C29H26BrFN4O3. The summed E-state index contributed by atoms with van der Waals surface area (Å²) < 4.78 is 31.1. The molecule has 0 spiro atoms. The van der Waals surface area contributed by atoms with Crippen LogP contribution in [0.4, 0.5) is 4.39 Å². The van der Waals surface area contributed by atoms with Crippen molar-refractivity contribution in [2.75, 3.05) is 20.3 Å². The smallest absolute Gasteiger partial charge is 0.354 e. The molecule has 7 nitrogen and oxygen atoms in total. The fourth-order valence-corrected chi connectivity index (χ4v) is 5.92. The number of carbonyl (C=O) groups excluding carboxylic acids is 1. The van der Waals surface area contributed by atoms with Crippen LogP contribution in [-0.4, -0.2) is 45.4 Å². The van der Waals surface area contributed by atoms with Crippen molar-refractivity contribution in [1.82, 2.24) is 19.1 Å². The molecule has 194 valence electrons. The SMILES string of the molecule is COC(=O)c1cc2c(c3ncc(Br)cc3n2C(c2ncccc2F)C2CCOCC2)n1Cc1ccccc1. The summed E-state index contributed by atoms with van der Waals surface area (Å²) in [7, 11) is 1.38. The van der Waals surface area contributed by atoms with Crippen LogP contribution in [0.15, 0.2) is 71.5 Å². The molecule has 1 atom stereocenters. The van der Waals surface area contributed by atoms with Crippen LogP contribution in [0.3, 0.4) is 0 Å². The largest absolute Gasteiger partial charge is 0.464 e. The van der Waals surface area contributed by atoms with E-state index in [0.717, 1.165) is 44.9 Å². The number of halogens is 2. The molecule has 5 aromatic rings. The van der Waals surface area contributed by atoms with Crippen LogP contribution in [0.5, 0.6) is 0 Å². The molecule has 1 aliphatic heterocycles. The minimum atomic E-state index is -0.444. The fraction of sp³-hybridized carbons (Fsp3) is 0.276. The Morgan fingerprint density at radius 3 is 2.66 bits per heavy atom. The number of aromatic nitrogens is 4. The summed E-state index contributed by atoms with van der Waals surface area (Å²) in [6, 6.07) is 16.4. The highest BCUT2D eigenvalue weighted by Gasteiger charge is 2.34. The minimum Gasteiger partial charge on any atom is -0.464 e. The number of methoxy groups -OCH3 is 1. The van der Waals surface area contributed by atoms with Gasteiger partial charge in [-0.1, -0.05) is 30.3 Å². The highest BCUT2D eigenvalue weighted by atomic mass is 79.9. The number of pyridine rings is 2. The van der Waals surface area contributed by atoms with Crippen LogP contribution < -0.4 is 0 Å². The van der Waals surface area contributed by atoms with Gasteiger partial charge in [0.15, 0.2) is 0 Å². The molecule has 6 rings (SSSR count). The van der Waals surface area contributed by atoms with E-state index < -0.39 is 12.0 Å². The Morgan fingerprint density at radius 1 is 1.13 bits per heavy atom. The predicted molar refractivity (Wildman–Crippen MR) is 146 cm³/mol. The summed E-state index contributed by atoms with van der Waals surface area (Å²) >= 11 is 3.58. The molecule has 1 saturated heterocycles. The lowest BCUT2D eigenvalue weighted by Crippen LogP contribution is -2.28. The standard InChI is InChI=1S/C29H26BrFN4O3/c1-37-29(36)24-15-23-28(34(24)17-18-6-3-2-4-7-18)26-22(14-20(30)16-33-26)35(23)27(19-9-12-38-13-10-19)25-21(31)8-5-11-32-25/h2-8,11,14-16,19,27H,9-10,12-13,17H2,1H3. The Morgan fingerprint density at radius 2 is 1.92 bits per heavy atom. The van der Waals surface area contributed by atoms with Crippen molar-refractivity contribution < 1.29 is 18.7 Å². The first-order valence-corrected chi connectivity index (χ1v) is 13.3. The van der Waals surface area contributed by atoms with Crippen molar-refractivity contribution in [3.05, 3.63) is 94.2 Å². The maximum Gasteiger partial charge on any atom is 0.354 e. The molecule has 5 heterocycles. The normalized spacial score (nSPS) is 15.2. The van der Waals surface area contributed by atoms with Crippen LogP contribution in [0.25, 0.3) is 22.1 Å². The first kappa shape index (κ1) is 24.8. The Kier molecular flexibility index (Phi) is 6.71. The minimum absolute atomic E-state index is 0.0741. The molecule has 1 fully saturated rings. The number of esters is 1. The first-order valence-electron chi connectivity index (χ1n) is 12.6. The molecule has 4 aromatic heterocycles. The molecule has 1 unspecified atom stereocenters. The lowest BCUT2D eigenvalue weighted by Gasteiger charge is -2.32. The number of hydrogen-bond acceptors (Lipinski definition) is 5. The highest BCUT2D eigenvalue weighted by Crippen LogP contribution is 2.42. The fourth-order valence-electron chi connectivity index (χ4n) is 5.60. The molecule has 9 heteroatoms. The second kappa shape index (κ2) is 10.3. The number of rotatable bonds is 6. The first-order chi connectivity index (χ1) is 18.6. The summed E-state index contributed by atoms with van der Waals surface area (Å²) in [4.78, 5) is 22.3. The molecule has 0 aliphatic carbocycles. The van der Waals surface area contributed by atoms with Gasteiger partial charge in [-0.2, -0.15) is 0 Å². The van der Waals surface area contributed by atoms with Gasteiger partial charge in [-0.15, -0.1) is 0 Å². The average molecular weight is 577 g/mol. The zero-order valence-electron chi connectivity index (χ0n) is 20.8. The molecule has 0 N–H and O–H groups in total. The Labute approximate surface area is 227 Å². The molecule has 1 aliphatic rings. The monoisotopic (exact) mass is 576 g/mol. The summed E-state index contributed by atoms with van der Waals surface area (Å²) in [6.07, 6.45) is 4.90. The number of ether oxygens (including phenoxy) is 2. The molecular weight excluding hydrogens is 551 g/mol.